The van der Waals surface area contributed by atoms with Crippen molar-refractivity contribution in [2.45, 2.75) is 6.61 Å². The van der Waals surface area contributed by atoms with E-state index in [1.807, 2.05) is 12.1 Å². The van der Waals surface area contributed by atoms with Crippen molar-refractivity contribution in [2.75, 3.05) is 34.9 Å². The number of fused-ring (bicyclic) bond motifs is 1. The lowest BCUT2D eigenvalue weighted by molar-refractivity contribution is 0.0467. The van der Waals surface area contributed by atoms with Crippen molar-refractivity contribution in [3.63, 3.8) is 0 Å². The maximum atomic E-state index is 13.1. The van der Waals surface area contributed by atoms with Gasteiger partial charge >= 0.3 is 0 Å². The van der Waals surface area contributed by atoms with E-state index in [0.29, 0.717) is 40.8 Å². The highest BCUT2D eigenvalue weighted by Gasteiger charge is 2.16. The van der Waals surface area contributed by atoms with Crippen molar-refractivity contribution in [1.29, 1.82) is 0 Å². The van der Waals surface area contributed by atoms with E-state index in [1.54, 1.807) is 49.8 Å². The molecule has 0 aliphatic heterocycles. The summed E-state index contributed by atoms with van der Waals surface area (Å²) < 4.78 is 38.6. The van der Waals surface area contributed by atoms with Crippen LogP contribution in [-0.2, 0) is 16.1 Å². The third-order valence-electron chi connectivity index (χ3n) is 5.04. The summed E-state index contributed by atoms with van der Waals surface area (Å²) in [5, 5.41) is 0.276. The molecule has 0 fully saturated rings. The summed E-state index contributed by atoms with van der Waals surface area (Å²) in [4.78, 5) is 17.1. The van der Waals surface area contributed by atoms with Gasteiger partial charge in [0, 0.05) is 50.4 Å². The van der Waals surface area contributed by atoms with Gasteiger partial charge in [-0.15, -0.1) is 0 Å². The fourth-order valence-electron chi connectivity index (χ4n) is 3.40. The lowest BCUT2D eigenvalue weighted by Gasteiger charge is -2.14. The van der Waals surface area contributed by atoms with Crippen molar-refractivity contribution in [1.82, 2.24) is 4.98 Å². The second-order valence-electron chi connectivity index (χ2n) is 7.38. The highest BCUT2D eigenvalue weighted by molar-refractivity contribution is 5.86. The van der Waals surface area contributed by atoms with Crippen molar-refractivity contribution in [3.05, 3.63) is 76.7 Å². The molecule has 4 rings (SSSR count). The van der Waals surface area contributed by atoms with E-state index in [9.17, 15) is 4.79 Å². The van der Waals surface area contributed by atoms with Crippen LogP contribution in [0.15, 0.2) is 70.1 Å². The first-order chi connectivity index (χ1) is 17.1. The van der Waals surface area contributed by atoms with Gasteiger partial charge in [-0.2, -0.15) is 0 Å². The van der Waals surface area contributed by atoms with Crippen LogP contribution in [-0.4, -0.2) is 39.9 Å². The highest BCUT2D eigenvalue weighted by atomic mass is 16.7. The first-order valence-electron chi connectivity index (χ1n) is 10.7. The van der Waals surface area contributed by atoms with E-state index >= 15 is 0 Å². The van der Waals surface area contributed by atoms with E-state index < -0.39 is 0 Å². The number of nitrogens with zero attached hydrogens (tertiary/aromatic N) is 1. The quantitative estimate of drug-likeness (QED) is 0.290. The van der Waals surface area contributed by atoms with E-state index in [4.69, 9.17) is 32.8 Å². The van der Waals surface area contributed by atoms with Crippen molar-refractivity contribution in [2.24, 2.45) is 0 Å². The van der Waals surface area contributed by atoms with Crippen LogP contribution in [0, 0.1) is 0 Å². The second kappa shape index (κ2) is 11.4. The van der Waals surface area contributed by atoms with Crippen LogP contribution >= 0.6 is 0 Å². The number of rotatable bonds is 11. The topological polar surface area (TPSA) is 98.5 Å². The van der Waals surface area contributed by atoms with Crippen LogP contribution in [0.4, 0.5) is 0 Å². The third kappa shape index (κ3) is 5.71. The van der Waals surface area contributed by atoms with E-state index in [1.165, 1.54) is 20.3 Å². The standard InChI is InChI=1S/C26H25NO8/c1-29-15-33-19-11-24(34-16-30-2)26-20(28)13-22(35-25(26)12-19)18-4-5-21(31-3)23(10-18)32-14-17-6-8-27-9-7-17/h4-13H,14-16H2,1-3H3. The SMILES string of the molecule is COCOc1cc(OCOC)c2c(=O)cc(-c3ccc(OC)c(OCc4ccncc4)c3)oc2c1. The summed E-state index contributed by atoms with van der Waals surface area (Å²) in [7, 11) is 4.57. The number of benzene rings is 2. The van der Waals surface area contributed by atoms with Crippen LogP contribution in [0.2, 0.25) is 0 Å². The highest BCUT2D eigenvalue weighted by Crippen LogP contribution is 2.36. The Balaban J connectivity index is 1.73. The molecule has 2 heterocycles. The Labute approximate surface area is 201 Å². The summed E-state index contributed by atoms with van der Waals surface area (Å²) in [5.74, 6) is 2.11. The molecule has 2 aromatic heterocycles. The normalized spacial score (nSPS) is 10.8. The van der Waals surface area contributed by atoms with Gasteiger partial charge in [0.1, 0.15) is 34.8 Å². The monoisotopic (exact) mass is 479 g/mol. The van der Waals surface area contributed by atoms with Crippen LogP contribution in [0.3, 0.4) is 0 Å². The Morgan fingerprint density at radius 2 is 1.57 bits per heavy atom. The summed E-state index contributed by atoms with van der Waals surface area (Å²) in [5.41, 5.74) is 1.61. The van der Waals surface area contributed by atoms with Crippen LogP contribution < -0.4 is 24.4 Å². The summed E-state index contributed by atoms with van der Waals surface area (Å²) in [6.45, 7) is 0.306. The molecular weight excluding hydrogens is 454 g/mol. The van der Waals surface area contributed by atoms with Gasteiger partial charge in [0.05, 0.1) is 7.11 Å². The molecule has 0 spiro atoms. The molecule has 0 aliphatic rings. The molecule has 0 amide bonds. The fraction of sp³-hybridized carbons (Fsp3) is 0.231. The number of ether oxygens (including phenoxy) is 6. The molecule has 9 nitrogen and oxygen atoms in total. The zero-order chi connectivity index (χ0) is 24.6. The Kier molecular flexibility index (Phi) is 7.81. The summed E-state index contributed by atoms with van der Waals surface area (Å²) in [6.07, 6.45) is 3.40. The number of aromatic nitrogens is 1. The van der Waals surface area contributed by atoms with E-state index in [2.05, 4.69) is 4.98 Å². The zero-order valence-electron chi connectivity index (χ0n) is 19.6. The van der Waals surface area contributed by atoms with Crippen molar-refractivity contribution < 1.29 is 32.8 Å². The fourth-order valence-corrected chi connectivity index (χ4v) is 3.40. The smallest absolute Gasteiger partial charge is 0.197 e. The van der Waals surface area contributed by atoms with E-state index in [-0.39, 0.29) is 30.2 Å². The lowest BCUT2D eigenvalue weighted by Crippen LogP contribution is -2.07. The van der Waals surface area contributed by atoms with Gasteiger partial charge in [-0.05, 0) is 35.9 Å². The lowest BCUT2D eigenvalue weighted by atomic mass is 10.1. The minimum Gasteiger partial charge on any atom is -0.493 e. The predicted molar refractivity (Wildman–Crippen MR) is 128 cm³/mol. The van der Waals surface area contributed by atoms with Crippen LogP contribution in [0.25, 0.3) is 22.3 Å². The average molecular weight is 479 g/mol. The second-order valence-corrected chi connectivity index (χ2v) is 7.38. The maximum absolute atomic E-state index is 13.1. The zero-order valence-corrected chi connectivity index (χ0v) is 19.6. The van der Waals surface area contributed by atoms with Gasteiger partial charge < -0.3 is 32.8 Å². The average Bonchev–Trinajstić information content (AvgIpc) is 2.89. The number of pyridine rings is 1. The van der Waals surface area contributed by atoms with Gasteiger partial charge in [0.25, 0.3) is 0 Å². The molecule has 0 N–H and O–H groups in total. The van der Waals surface area contributed by atoms with Gasteiger partial charge in [-0.25, -0.2) is 0 Å². The Hall–Kier alpha value is -4.08. The molecular formula is C26H25NO8. The Bertz CT molecular complexity index is 1340. The molecule has 0 aliphatic carbocycles. The van der Waals surface area contributed by atoms with Gasteiger partial charge in [-0.3, -0.25) is 9.78 Å². The molecule has 0 atom stereocenters. The van der Waals surface area contributed by atoms with Crippen LogP contribution in [0.1, 0.15) is 5.56 Å². The number of hydrogen-bond acceptors (Lipinski definition) is 9. The Morgan fingerprint density at radius 3 is 2.31 bits per heavy atom. The molecule has 4 aromatic rings. The molecule has 182 valence electrons. The predicted octanol–water partition coefficient (Wildman–Crippen LogP) is 4.41. The molecule has 2 aromatic carbocycles. The maximum Gasteiger partial charge on any atom is 0.197 e. The molecule has 0 unspecified atom stereocenters. The van der Waals surface area contributed by atoms with Gasteiger partial charge in [0.2, 0.25) is 0 Å². The minimum atomic E-state index is -0.277. The Morgan fingerprint density at radius 1 is 0.800 bits per heavy atom. The first kappa shape index (κ1) is 24.1. The molecule has 0 bridgehead atoms. The molecule has 35 heavy (non-hydrogen) atoms. The molecule has 0 radical (unpaired) electrons. The molecule has 0 saturated heterocycles. The number of hydrogen-bond donors (Lipinski definition) is 0. The summed E-state index contributed by atoms with van der Waals surface area (Å²) in [6, 6.07) is 13.7. The van der Waals surface area contributed by atoms with Crippen molar-refractivity contribution >= 4 is 11.0 Å². The van der Waals surface area contributed by atoms with Crippen LogP contribution in [0.5, 0.6) is 23.0 Å². The largest absolute Gasteiger partial charge is 0.493 e. The van der Waals surface area contributed by atoms with Gasteiger partial charge in [0.15, 0.2) is 30.5 Å². The third-order valence-corrected chi connectivity index (χ3v) is 5.04. The first-order valence-corrected chi connectivity index (χ1v) is 10.7. The van der Waals surface area contributed by atoms with Crippen molar-refractivity contribution in [3.8, 4) is 34.3 Å². The van der Waals surface area contributed by atoms with E-state index in [0.717, 1.165) is 5.56 Å². The molecule has 9 heteroatoms. The minimum absolute atomic E-state index is 0.0236. The molecule has 0 saturated carbocycles. The number of methoxy groups -OCH3 is 3. The summed E-state index contributed by atoms with van der Waals surface area (Å²) >= 11 is 0. The van der Waals surface area contributed by atoms with Gasteiger partial charge in [-0.1, -0.05) is 0 Å².